The zero-order valence-corrected chi connectivity index (χ0v) is 16.8. The van der Waals surface area contributed by atoms with Crippen LogP contribution >= 0.6 is 0 Å². The molecule has 0 aromatic carbocycles. The SMILES string of the molecule is CCC(=O)N1CCCC[C@H]1c1cc2nc3c(c(=O)n2[nH]1)CN(C(=O)C1CC1)CC3. The summed E-state index contributed by atoms with van der Waals surface area (Å²) >= 11 is 0. The number of carbonyl (C=O) groups excluding carboxylic acids is 2. The predicted octanol–water partition coefficient (Wildman–Crippen LogP) is 1.78. The molecule has 1 N–H and O–H groups in total. The highest BCUT2D eigenvalue weighted by Crippen LogP contribution is 2.33. The summed E-state index contributed by atoms with van der Waals surface area (Å²) in [7, 11) is 0. The third-order valence-electron chi connectivity index (χ3n) is 6.50. The molecule has 3 aliphatic rings. The van der Waals surface area contributed by atoms with Gasteiger partial charge in [0.1, 0.15) is 0 Å². The Morgan fingerprint density at radius 1 is 1.21 bits per heavy atom. The van der Waals surface area contributed by atoms with E-state index in [9.17, 15) is 14.4 Å². The van der Waals surface area contributed by atoms with Crippen molar-refractivity contribution >= 4 is 17.5 Å². The number of nitrogens with zero attached hydrogens (tertiary/aromatic N) is 4. The molecule has 1 atom stereocenters. The number of fused-ring (bicyclic) bond motifs is 2. The van der Waals surface area contributed by atoms with Crippen LogP contribution in [-0.2, 0) is 22.6 Å². The maximum atomic E-state index is 13.2. The van der Waals surface area contributed by atoms with Crippen LogP contribution in [0.5, 0.6) is 0 Å². The highest BCUT2D eigenvalue weighted by molar-refractivity contribution is 5.81. The number of piperidine rings is 1. The van der Waals surface area contributed by atoms with Gasteiger partial charge in [-0.3, -0.25) is 19.5 Å². The standard InChI is InChI=1S/C21H27N5O3/c1-2-19(27)25-9-4-3-5-17(25)16-11-18-22-15-8-10-24(20(28)13-6-7-13)12-14(15)21(29)26(18)23-16/h11,13,17,23H,2-10,12H2,1H3/t17-/m0/s1. The van der Waals surface area contributed by atoms with E-state index < -0.39 is 0 Å². The lowest BCUT2D eigenvalue weighted by atomic mass is 9.99. The minimum Gasteiger partial charge on any atom is -0.337 e. The quantitative estimate of drug-likeness (QED) is 0.855. The van der Waals surface area contributed by atoms with Gasteiger partial charge < -0.3 is 9.80 Å². The van der Waals surface area contributed by atoms with Gasteiger partial charge in [-0.15, -0.1) is 0 Å². The number of aromatic nitrogens is 3. The van der Waals surface area contributed by atoms with Crippen LogP contribution in [-0.4, -0.2) is 49.3 Å². The van der Waals surface area contributed by atoms with Crippen LogP contribution in [0.4, 0.5) is 0 Å². The summed E-state index contributed by atoms with van der Waals surface area (Å²) in [4.78, 5) is 46.5. The average Bonchev–Trinajstić information content (AvgIpc) is 3.52. The number of carbonyl (C=O) groups is 2. The Morgan fingerprint density at radius 2 is 2.03 bits per heavy atom. The van der Waals surface area contributed by atoms with Crippen molar-refractivity contribution in [1.82, 2.24) is 24.4 Å². The molecule has 8 heteroatoms. The largest absolute Gasteiger partial charge is 0.337 e. The maximum absolute atomic E-state index is 13.2. The van der Waals surface area contributed by atoms with Crippen LogP contribution in [0.3, 0.4) is 0 Å². The number of hydrogen-bond acceptors (Lipinski definition) is 4. The number of nitrogens with one attached hydrogen (secondary N) is 1. The fourth-order valence-corrected chi connectivity index (χ4v) is 4.70. The Labute approximate surface area is 168 Å². The number of aromatic amines is 1. The molecule has 2 fully saturated rings. The molecule has 0 spiro atoms. The minimum atomic E-state index is -0.131. The third kappa shape index (κ3) is 3.14. The zero-order valence-electron chi connectivity index (χ0n) is 16.8. The van der Waals surface area contributed by atoms with Gasteiger partial charge in [0, 0.05) is 37.9 Å². The maximum Gasteiger partial charge on any atom is 0.277 e. The van der Waals surface area contributed by atoms with Crippen molar-refractivity contribution in [2.24, 2.45) is 5.92 Å². The molecule has 0 bridgehead atoms. The molecule has 2 aromatic heterocycles. The Kier molecular flexibility index (Phi) is 4.44. The van der Waals surface area contributed by atoms with Gasteiger partial charge in [-0.25, -0.2) is 9.50 Å². The Morgan fingerprint density at radius 3 is 2.79 bits per heavy atom. The van der Waals surface area contributed by atoms with Crippen LogP contribution in [0.2, 0.25) is 0 Å². The first-order chi connectivity index (χ1) is 14.1. The third-order valence-corrected chi connectivity index (χ3v) is 6.50. The van der Waals surface area contributed by atoms with E-state index >= 15 is 0 Å². The van der Waals surface area contributed by atoms with Gasteiger partial charge in [-0.2, -0.15) is 0 Å². The lowest BCUT2D eigenvalue weighted by Gasteiger charge is -2.35. The highest BCUT2D eigenvalue weighted by Gasteiger charge is 2.36. The van der Waals surface area contributed by atoms with Crippen molar-refractivity contribution in [3.05, 3.63) is 33.4 Å². The Balaban J connectivity index is 1.50. The first kappa shape index (κ1) is 18.4. The van der Waals surface area contributed by atoms with E-state index in [0.717, 1.165) is 50.0 Å². The molecule has 5 rings (SSSR count). The van der Waals surface area contributed by atoms with Crippen LogP contribution in [0.15, 0.2) is 10.9 Å². The van der Waals surface area contributed by atoms with Crippen molar-refractivity contribution in [1.29, 1.82) is 0 Å². The molecular weight excluding hydrogens is 370 g/mol. The second-order valence-corrected chi connectivity index (χ2v) is 8.48. The normalized spacial score (nSPS) is 22.0. The van der Waals surface area contributed by atoms with Crippen molar-refractivity contribution in [3.8, 4) is 0 Å². The van der Waals surface area contributed by atoms with E-state index in [1.807, 2.05) is 22.8 Å². The molecule has 2 aliphatic heterocycles. The molecule has 2 aromatic rings. The molecule has 1 saturated carbocycles. The number of hydrogen-bond donors (Lipinski definition) is 1. The molecule has 0 radical (unpaired) electrons. The molecule has 154 valence electrons. The molecule has 0 unspecified atom stereocenters. The van der Waals surface area contributed by atoms with Crippen molar-refractivity contribution in [2.75, 3.05) is 13.1 Å². The van der Waals surface area contributed by atoms with E-state index in [1.165, 1.54) is 4.52 Å². The predicted molar refractivity (Wildman–Crippen MR) is 106 cm³/mol. The monoisotopic (exact) mass is 397 g/mol. The van der Waals surface area contributed by atoms with E-state index in [-0.39, 0.29) is 29.3 Å². The first-order valence-corrected chi connectivity index (χ1v) is 10.8. The van der Waals surface area contributed by atoms with Gasteiger partial charge in [-0.1, -0.05) is 6.92 Å². The van der Waals surface area contributed by atoms with Crippen molar-refractivity contribution in [3.63, 3.8) is 0 Å². The van der Waals surface area contributed by atoms with E-state index in [4.69, 9.17) is 4.98 Å². The van der Waals surface area contributed by atoms with Crippen LogP contribution in [0.25, 0.3) is 5.65 Å². The molecule has 29 heavy (non-hydrogen) atoms. The smallest absolute Gasteiger partial charge is 0.277 e. The molecule has 8 nitrogen and oxygen atoms in total. The molecule has 1 aliphatic carbocycles. The average molecular weight is 397 g/mol. The number of H-pyrrole nitrogens is 1. The van der Waals surface area contributed by atoms with Crippen molar-refractivity contribution in [2.45, 2.75) is 64.5 Å². The fourth-order valence-electron chi connectivity index (χ4n) is 4.70. The molecule has 1 saturated heterocycles. The molecule has 2 amide bonds. The lowest BCUT2D eigenvalue weighted by Crippen LogP contribution is -2.41. The van der Waals surface area contributed by atoms with Crippen LogP contribution < -0.4 is 5.56 Å². The summed E-state index contributed by atoms with van der Waals surface area (Å²) in [6.07, 6.45) is 5.98. The van der Waals surface area contributed by atoms with E-state index in [0.29, 0.717) is 37.1 Å². The molecular formula is C21H27N5O3. The second kappa shape index (κ2) is 7.00. The summed E-state index contributed by atoms with van der Waals surface area (Å²) in [6, 6.07) is 1.87. The summed E-state index contributed by atoms with van der Waals surface area (Å²) in [6.45, 7) is 3.61. The Hall–Kier alpha value is -2.64. The second-order valence-electron chi connectivity index (χ2n) is 8.48. The minimum absolute atomic E-state index is 0.0396. The van der Waals surface area contributed by atoms with E-state index in [2.05, 4.69) is 5.10 Å². The summed E-state index contributed by atoms with van der Waals surface area (Å²) in [5, 5.41) is 3.22. The summed E-state index contributed by atoms with van der Waals surface area (Å²) in [5.41, 5.74) is 2.74. The van der Waals surface area contributed by atoms with Gasteiger partial charge in [0.2, 0.25) is 11.8 Å². The van der Waals surface area contributed by atoms with Crippen LogP contribution in [0.1, 0.15) is 68.4 Å². The number of likely N-dealkylation sites (tertiary alicyclic amines) is 1. The van der Waals surface area contributed by atoms with Crippen molar-refractivity contribution < 1.29 is 9.59 Å². The van der Waals surface area contributed by atoms with Gasteiger partial charge in [0.15, 0.2) is 5.65 Å². The lowest BCUT2D eigenvalue weighted by molar-refractivity contribution is -0.135. The zero-order chi connectivity index (χ0) is 20.1. The van der Waals surface area contributed by atoms with Gasteiger partial charge in [0.25, 0.3) is 5.56 Å². The molecule has 4 heterocycles. The first-order valence-electron chi connectivity index (χ1n) is 10.8. The van der Waals surface area contributed by atoms with Gasteiger partial charge >= 0.3 is 0 Å². The number of amides is 2. The van der Waals surface area contributed by atoms with Gasteiger partial charge in [0.05, 0.1) is 29.5 Å². The van der Waals surface area contributed by atoms with Crippen LogP contribution in [0, 0.1) is 5.92 Å². The summed E-state index contributed by atoms with van der Waals surface area (Å²) < 4.78 is 1.49. The highest BCUT2D eigenvalue weighted by atomic mass is 16.2. The van der Waals surface area contributed by atoms with Gasteiger partial charge in [-0.05, 0) is 32.1 Å². The topological polar surface area (TPSA) is 90.8 Å². The Bertz CT molecular complexity index is 1030. The number of rotatable bonds is 3. The summed E-state index contributed by atoms with van der Waals surface area (Å²) in [5.74, 6) is 0.465. The fraction of sp³-hybridized carbons (Fsp3) is 0.619. The van der Waals surface area contributed by atoms with E-state index in [1.54, 1.807) is 0 Å².